The fourth-order valence-corrected chi connectivity index (χ4v) is 3.31. The first kappa shape index (κ1) is 20.1. The molecule has 1 fully saturated rings. The molecule has 2 aliphatic rings. The number of carbonyl (C=O) groups is 3. The number of carbonyl (C=O) groups excluding carboxylic acids is 3. The Balaban J connectivity index is 2.21. The van der Waals surface area contributed by atoms with E-state index in [0.717, 1.165) is 5.57 Å². The Morgan fingerprint density at radius 2 is 2.12 bits per heavy atom. The van der Waals surface area contributed by atoms with Crippen molar-refractivity contribution in [1.29, 1.82) is 0 Å². The quantitative estimate of drug-likeness (QED) is 0.597. The van der Waals surface area contributed by atoms with Gasteiger partial charge in [0.2, 0.25) is 0 Å². The molecule has 0 amide bonds. The van der Waals surface area contributed by atoms with Crippen LogP contribution in [0.4, 0.5) is 0 Å². The van der Waals surface area contributed by atoms with Crippen LogP contribution in [0.1, 0.15) is 47.0 Å². The molecule has 1 aliphatic carbocycles. The van der Waals surface area contributed by atoms with Crippen LogP contribution >= 0.6 is 0 Å². The van der Waals surface area contributed by atoms with Crippen molar-refractivity contribution in [3.63, 3.8) is 0 Å². The number of rotatable bonds is 5. The maximum Gasteiger partial charge on any atom is 0.307 e. The van der Waals surface area contributed by atoms with E-state index in [0.29, 0.717) is 6.42 Å². The molecular formula is C20H26O6. The maximum absolute atomic E-state index is 12.6. The first-order chi connectivity index (χ1) is 12.0. The van der Waals surface area contributed by atoms with Gasteiger partial charge in [0.05, 0.1) is 17.4 Å². The van der Waals surface area contributed by atoms with Crippen LogP contribution < -0.4 is 0 Å². The zero-order chi connectivity index (χ0) is 19.5. The van der Waals surface area contributed by atoms with Crippen molar-refractivity contribution in [1.82, 2.24) is 0 Å². The van der Waals surface area contributed by atoms with Crippen LogP contribution in [0.25, 0.3) is 0 Å². The van der Waals surface area contributed by atoms with Crippen LogP contribution in [0.15, 0.2) is 36.0 Å². The summed E-state index contributed by atoms with van der Waals surface area (Å²) >= 11 is 0. The lowest BCUT2D eigenvalue weighted by molar-refractivity contribution is -0.148. The average Bonchev–Trinajstić information content (AvgIpc) is 2.77. The number of hydrogen-bond donors (Lipinski definition) is 1. The summed E-state index contributed by atoms with van der Waals surface area (Å²) < 4.78 is 10.6. The molecule has 6 heteroatoms. The summed E-state index contributed by atoms with van der Waals surface area (Å²) in [5, 5.41) is 9.71. The second kappa shape index (κ2) is 7.58. The third kappa shape index (κ3) is 4.91. The zero-order valence-electron chi connectivity index (χ0n) is 15.7. The minimum Gasteiger partial charge on any atom is -0.458 e. The Kier molecular flexibility index (Phi) is 5.86. The molecule has 1 aliphatic heterocycles. The monoisotopic (exact) mass is 362 g/mol. The number of ketones is 1. The molecule has 0 aromatic heterocycles. The van der Waals surface area contributed by atoms with Crippen LogP contribution in [0.5, 0.6) is 0 Å². The van der Waals surface area contributed by atoms with Gasteiger partial charge in [0, 0.05) is 13.3 Å². The Hall–Kier alpha value is -2.21. The number of cyclic esters (lactones) is 1. The van der Waals surface area contributed by atoms with Gasteiger partial charge < -0.3 is 14.6 Å². The van der Waals surface area contributed by atoms with Gasteiger partial charge in [0.25, 0.3) is 0 Å². The van der Waals surface area contributed by atoms with Crippen LogP contribution in [-0.4, -0.2) is 40.6 Å². The van der Waals surface area contributed by atoms with Crippen molar-refractivity contribution in [2.45, 2.75) is 64.8 Å². The van der Waals surface area contributed by atoms with E-state index in [2.05, 4.69) is 0 Å². The van der Waals surface area contributed by atoms with Crippen molar-refractivity contribution < 1.29 is 29.0 Å². The standard InChI is InChI=1S/C20H26O6/c1-13(6-5-9-19(3,4)24)10-17-20(12-18(23)26-17)11-15(25-14(2)21)7-8-16(20)22/h5,7-10,15,17,24H,6,11-12H2,1-4H3/b9-5+,13-10+/t15-,17-,20+/m1/s1. The molecule has 0 unspecified atom stereocenters. The number of esters is 2. The van der Waals surface area contributed by atoms with Crippen molar-refractivity contribution in [2.75, 3.05) is 0 Å². The first-order valence-electron chi connectivity index (χ1n) is 8.68. The van der Waals surface area contributed by atoms with E-state index >= 15 is 0 Å². The predicted molar refractivity (Wildman–Crippen MR) is 95.1 cm³/mol. The summed E-state index contributed by atoms with van der Waals surface area (Å²) in [6, 6.07) is 0. The Morgan fingerprint density at radius 1 is 1.42 bits per heavy atom. The van der Waals surface area contributed by atoms with Crippen molar-refractivity contribution >= 4 is 17.7 Å². The van der Waals surface area contributed by atoms with Crippen LogP contribution in [0.3, 0.4) is 0 Å². The summed E-state index contributed by atoms with van der Waals surface area (Å²) in [6.45, 7) is 6.54. The Labute approximate surface area is 153 Å². The van der Waals surface area contributed by atoms with Crippen molar-refractivity contribution in [2.24, 2.45) is 5.41 Å². The minimum atomic E-state index is -1.03. The molecule has 0 bridgehead atoms. The van der Waals surface area contributed by atoms with E-state index in [-0.39, 0.29) is 18.6 Å². The predicted octanol–water partition coefficient (Wildman–Crippen LogP) is 2.41. The number of allylic oxidation sites excluding steroid dienone is 3. The SMILES string of the molecule is CC(=O)O[C@@H]1C=CC(=O)[C@@]2(CC(=O)O[C@@H]2/C=C(\C)C/C=C/C(C)(C)O)C1. The molecule has 3 atom stereocenters. The lowest BCUT2D eigenvalue weighted by Gasteiger charge is -2.34. The molecule has 2 rings (SSSR count). The third-order valence-corrected chi connectivity index (χ3v) is 4.50. The summed E-state index contributed by atoms with van der Waals surface area (Å²) in [5.41, 5.74) is -1.02. The molecule has 0 aromatic carbocycles. The molecule has 26 heavy (non-hydrogen) atoms. The van der Waals surface area contributed by atoms with E-state index in [1.807, 2.05) is 13.0 Å². The van der Waals surface area contributed by atoms with E-state index in [9.17, 15) is 19.5 Å². The van der Waals surface area contributed by atoms with Gasteiger partial charge in [-0.05, 0) is 45.4 Å². The van der Waals surface area contributed by atoms with Crippen LogP contribution in [0.2, 0.25) is 0 Å². The molecule has 1 saturated heterocycles. The summed E-state index contributed by atoms with van der Waals surface area (Å²) in [7, 11) is 0. The fraction of sp³-hybridized carbons (Fsp3) is 0.550. The number of aliphatic hydroxyl groups is 1. The lowest BCUT2D eigenvalue weighted by atomic mass is 9.69. The molecular weight excluding hydrogens is 336 g/mol. The minimum absolute atomic E-state index is 0.0259. The zero-order valence-corrected chi connectivity index (χ0v) is 15.7. The normalized spacial score (nSPS) is 29.5. The fourth-order valence-electron chi connectivity index (χ4n) is 3.31. The highest BCUT2D eigenvalue weighted by atomic mass is 16.6. The van der Waals surface area contributed by atoms with Crippen LogP contribution in [-0.2, 0) is 23.9 Å². The molecule has 1 N–H and O–H groups in total. The topological polar surface area (TPSA) is 89.9 Å². The van der Waals surface area contributed by atoms with E-state index in [1.165, 1.54) is 13.0 Å². The van der Waals surface area contributed by atoms with Gasteiger partial charge in [-0.2, -0.15) is 0 Å². The third-order valence-electron chi connectivity index (χ3n) is 4.50. The van der Waals surface area contributed by atoms with E-state index in [1.54, 1.807) is 32.1 Å². The van der Waals surface area contributed by atoms with E-state index < -0.39 is 35.2 Å². The molecule has 1 heterocycles. The second-order valence-electron chi connectivity index (χ2n) is 7.59. The second-order valence-corrected chi connectivity index (χ2v) is 7.59. The van der Waals surface area contributed by atoms with Gasteiger partial charge in [-0.15, -0.1) is 0 Å². The smallest absolute Gasteiger partial charge is 0.307 e. The summed E-state index contributed by atoms with van der Waals surface area (Å²) in [6.07, 6.45) is 7.75. The van der Waals surface area contributed by atoms with Gasteiger partial charge in [-0.1, -0.05) is 17.7 Å². The number of hydrogen-bond acceptors (Lipinski definition) is 6. The highest BCUT2D eigenvalue weighted by Crippen LogP contribution is 2.45. The van der Waals surface area contributed by atoms with Crippen molar-refractivity contribution in [3.8, 4) is 0 Å². The van der Waals surface area contributed by atoms with Crippen LogP contribution in [0, 0.1) is 5.41 Å². The first-order valence-corrected chi connectivity index (χ1v) is 8.68. The van der Waals surface area contributed by atoms with E-state index in [4.69, 9.17) is 9.47 Å². The molecule has 0 aromatic rings. The summed E-state index contributed by atoms with van der Waals surface area (Å²) in [5.74, 6) is -1.06. The molecule has 1 spiro atoms. The molecule has 0 saturated carbocycles. The summed E-state index contributed by atoms with van der Waals surface area (Å²) in [4.78, 5) is 35.8. The molecule has 6 nitrogen and oxygen atoms in total. The highest BCUT2D eigenvalue weighted by molar-refractivity contribution is 6.00. The lowest BCUT2D eigenvalue weighted by Crippen LogP contribution is -2.43. The van der Waals surface area contributed by atoms with Crippen molar-refractivity contribution in [3.05, 3.63) is 36.0 Å². The average molecular weight is 362 g/mol. The largest absolute Gasteiger partial charge is 0.458 e. The van der Waals surface area contributed by atoms with Gasteiger partial charge >= 0.3 is 11.9 Å². The molecule has 0 radical (unpaired) electrons. The van der Waals surface area contributed by atoms with Gasteiger partial charge in [-0.3, -0.25) is 14.4 Å². The Morgan fingerprint density at radius 3 is 2.73 bits per heavy atom. The number of ether oxygens (including phenoxy) is 2. The maximum atomic E-state index is 12.6. The van der Waals surface area contributed by atoms with Gasteiger partial charge in [0.1, 0.15) is 12.2 Å². The van der Waals surface area contributed by atoms with Gasteiger partial charge in [0.15, 0.2) is 5.78 Å². The van der Waals surface area contributed by atoms with Gasteiger partial charge in [-0.25, -0.2) is 0 Å². The molecule has 142 valence electrons. The highest BCUT2D eigenvalue weighted by Gasteiger charge is 2.55. The Bertz CT molecular complexity index is 679.